The van der Waals surface area contributed by atoms with Gasteiger partial charge in [0.1, 0.15) is 0 Å². The molecular formula is C12H17ClN2. The minimum atomic E-state index is 0.673. The zero-order chi connectivity index (χ0) is 10.7. The lowest BCUT2D eigenvalue weighted by Crippen LogP contribution is -2.43. The quantitative estimate of drug-likeness (QED) is 0.852. The summed E-state index contributed by atoms with van der Waals surface area (Å²) in [5.74, 6) is 0. The number of nitrogens with two attached hydrogens (primary N) is 1. The van der Waals surface area contributed by atoms with E-state index in [2.05, 4.69) is 11.0 Å². The number of nitrogens with zero attached hydrogens (tertiary/aromatic N) is 1. The Morgan fingerprint density at radius 3 is 2.73 bits per heavy atom. The molecule has 0 radical (unpaired) electrons. The largest absolute Gasteiger partial charge is 0.367 e. The van der Waals surface area contributed by atoms with E-state index < -0.39 is 0 Å². The molecule has 0 bridgehead atoms. The van der Waals surface area contributed by atoms with Crippen LogP contribution in [0.2, 0.25) is 5.02 Å². The van der Waals surface area contributed by atoms with Crippen molar-refractivity contribution in [3.05, 3.63) is 29.3 Å². The van der Waals surface area contributed by atoms with Gasteiger partial charge >= 0.3 is 0 Å². The van der Waals surface area contributed by atoms with Crippen LogP contribution in [0.3, 0.4) is 0 Å². The van der Waals surface area contributed by atoms with Crippen LogP contribution in [-0.2, 0) is 0 Å². The van der Waals surface area contributed by atoms with E-state index in [-0.39, 0.29) is 0 Å². The minimum Gasteiger partial charge on any atom is -0.367 e. The second-order valence-corrected chi connectivity index (χ2v) is 4.48. The highest BCUT2D eigenvalue weighted by atomic mass is 35.5. The number of anilines is 1. The van der Waals surface area contributed by atoms with Gasteiger partial charge in [0.2, 0.25) is 0 Å². The van der Waals surface area contributed by atoms with Crippen molar-refractivity contribution >= 4 is 17.3 Å². The highest BCUT2D eigenvalue weighted by Crippen LogP contribution is 2.30. The molecule has 0 unspecified atom stereocenters. The van der Waals surface area contributed by atoms with E-state index in [9.17, 15) is 0 Å². The van der Waals surface area contributed by atoms with Gasteiger partial charge in [0.15, 0.2) is 0 Å². The summed E-state index contributed by atoms with van der Waals surface area (Å²) in [7, 11) is 0. The summed E-state index contributed by atoms with van der Waals surface area (Å²) in [6.45, 7) is 1.62. The van der Waals surface area contributed by atoms with Gasteiger partial charge in [0.25, 0.3) is 0 Å². The summed E-state index contributed by atoms with van der Waals surface area (Å²) in [5.41, 5.74) is 6.85. The Labute approximate surface area is 96.0 Å². The van der Waals surface area contributed by atoms with E-state index in [1.54, 1.807) is 0 Å². The summed E-state index contributed by atoms with van der Waals surface area (Å²) >= 11 is 6.00. The molecule has 82 valence electrons. The van der Waals surface area contributed by atoms with Crippen molar-refractivity contribution in [2.75, 3.05) is 18.0 Å². The smallest absolute Gasteiger partial charge is 0.0426 e. The van der Waals surface area contributed by atoms with Crippen LogP contribution in [-0.4, -0.2) is 19.1 Å². The SMILES string of the molecule is NCCN(c1cccc(Cl)c1)C1CCC1. The molecular weight excluding hydrogens is 208 g/mol. The maximum absolute atomic E-state index is 6.00. The van der Waals surface area contributed by atoms with E-state index in [0.29, 0.717) is 12.6 Å². The molecule has 1 aromatic carbocycles. The first-order valence-electron chi connectivity index (χ1n) is 5.53. The van der Waals surface area contributed by atoms with Crippen LogP contribution >= 0.6 is 11.6 Å². The van der Waals surface area contributed by atoms with Gasteiger partial charge in [-0.05, 0) is 37.5 Å². The van der Waals surface area contributed by atoms with Crippen LogP contribution in [0.25, 0.3) is 0 Å². The first kappa shape index (κ1) is 10.8. The second-order valence-electron chi connectivity index (χ2n) is 4.05. The zero-order valence-electron chi connectivity index (χ0n) is 8.82. The number of hydrogen-bond acceptors (Lipinski definition) is 2. The van der Waals surface area contributed by atoms with Crippen molar-refractivity contribution in [1.82, 2.24) is 0 Å². The molecule has 15 heavy (non-hydrogen) atoms. The number of rotatable bonds is 4. The fourth-order valence-electron chi connectivity index (χ4n) is 2.01. The highest BCUT2D eigenvalue weighted by molar-refractivity contribution is 6.30. The van der Waals surface area contributed by atoms with Crippen LogP contribution in [0, 0.1) is 0 Å². The van der Waals surface area contributed by atoms with Gasteiger partial charge in [-0.2, -0.15) is 0 Å². The van der Waals surface area contributed by atoms with Crippen LogP contribution < -0.4 is 10.6 Å². The molecule has 1 saturated carbocycles. The van der Waals surface area contributed by atoms with E-state index in [1.165, 1.54) is 24.9 Å². The highest BCUT2D eigenvalue weighted by Gasteiger charge is 2.24. The van der Waals surface area contributed by atoms with Gasteiger partial charge in [-0.25, -0.2) is 0 Å². The summed E-state index contributed by atoms with van der Waals surface area (Å²) in [6, 6.07) is 8.72. The third kappa shape index (κ3) is 2.44. The van der Waals surface area contributed by atoms with Gasteiger partial charge in [0.05, 0.1) is 0 Å². The lowest BCUT2D eigenvalue weighted by Gasteiger charge is -2.39. The fraction of sp³-hybridized carbons (Fsp3) is 0.500. The Kier molecular flexibility index (Phi) is 3.49. The van der Waals surface area contributed by atoms with Crippen molar-refractivity contribution < 1.29 is 0 Å². The average molecular weight is 225 g/mol. The molecule has 2 N–H and O–H groups in total. The Balaban J connectivity index is 2.15. The van der Waals surface area contributed by atoms with Crippen molar-refractivity contribution in [3.63, 3.8) is 0 Å². The first-order chi connectivity index (χ1) is 7.31. The van der Waals surface area contributed by atoms with Gasteiger partial charge in [-0.3, -0.25) is 0 Å². The number of hydrogen-bond donors (Lipinski definition) is 1. The standard InChI is InChI=1S/C12H17ClN2/c13-10-3-1-6-12(9-10)15(8-7-14)11-4-2-5-11/h1,3,6,9,11H,2,4-5,7-8,14H2. The van der Waals surface area contributed by atoms with E-state index in [1.807, 2.05) is 18.2 Å². The van der Waals surface area contributed by atoms with Crippen molar-refractivity contribution in [3.8, 4) is 0 Å². The zero-order valence-corrected chi connectivity index (χ0v) is 9.58. The lowest BCUT2D eigenvalue weighted by atomic mass is 9.91. The summed E-state index contributed by atoms with van der Waals surface area (Å²) in [5, 5.41) is 0.800. The maximum atomic E-state index is 6.00. The molecule has 0 atom stereocenters. The molecule has 2 nitrogen and oxygen atoms in total. The Morgan fingerprint density at radius 1 is 1.40 bits per heavy atom. The normalized spacial score (nSPS) is 16.1. The predicted molar refractivity (Wildman–Crippen MR) is 65.5 cm³/mol. The minimum absolute atomic E-state index is 0.673. The molecule has 0 aliphatic heterocycles. The molecule has 0 amide bonds. The van der Waals surface area contributed by atoms with Crippen molar-refractivity contribution in [2.24, 2.45) is 5.73 Å². The van der Waals surface area contributed by atoms with E-state index in [0.717, 1.165) is 11.6 Å². The molecule has 0 heterocycles. The molecule has 1 aliphatic carbocycles. The lowest BCUT2D eigenvalue weighted by molar-refractivity contribution is 0.388. The van der Waals surface area contributed by atoms with Gasteiger partial charge in [0, 0.05) is 29.8 Å². The molecule has 3 heteroatoms. The van der Waals surface area contributed by atoms with Crippen molar-refractivity contribution in [1.29, 1.82) is 0 Å². The average Bonchev–Trinajstić information content (AvgIpc) is 2.14. The van der Waals surface area contributed by atoms with E-state index >= 15 is 0 Å². The van der Waals surface area contributed by atoms with Crippen molar-refractivity contribution in [2.45, 2.75) is 25.3 Å². The van der Waals surface area contributed by atoms with Gasteiger partial charge in [-0.1, -0.05) is 17.7 Å². The molecule has 2 rings (SSSR count). The Morgan fingerprint density at radius 2 is 2.20 bits per heavy atom. The van der Waals surface area contributed by atoms with Crippen LogP contribution in [0.1, 0.15) is 19.3 Å². The predicted octanol–water partition coefficient (Wildman–Crippen LogP) is 2.66. The summed E-state index contributed by atoms with van der Waals surface area (Å²) in [4.78, 5) is 2.38. The second kappa shape index (κ2) is 4.86. The van der Waals surface area contributed by atoms with Crippen LogP contribution in [0.4, 0.5) is 5.69 Å². The fourth-order valence-corrected chi connectivity index (χ4v) is 2.20. The first-order valence-corrected chi connectivity index (χ1v) is 5.91. The summed E-state index contributed by atoms with van der Waals surface area (Å²) in [6.07, 6.45) is 3.91. The maximum Gasteiger partial charge on any atom is 0.0426 e. The third-order valence-corrected chi connectivity index (χ3v) is 3.26. The number of benzene rings is 1. The van der Waals surface area contributed by atoms with Crippen LogP contribution in [0.5, 0.6) is 0 Å². The Hall–Kier alpha value is -0.730. The third-order valence-electron chi connectivity index (χ3n) is 3.03. The Bertz CT molecular complexity index is 323. The molecule has 0 spiro atoms. The summed E-state index contributed by atoms with van der Waals surface area (Å²) < 4.78 is 0. The molecule has 1 aromatic rings. The number of halogens is 1. The van der Waals surface area contributed by atoms with Gasteiger partial charge in [-0.15, -0.1) is 0 Å². The van der Waals surface area contributed by atoms with E-state index in [4.69, 9.17) is 17.3 Å². The molecule has 0 aromatic heterocycles. The monoisotopic (exact) mass is 224 g/mol. The van der Waals surface area contributed by atoms with Crippen LogP contribution in [0.15, 0.2) is 24.3 Å². The topological polar surface area (TPSA) is 29.3 Å². The van der Waals surface area contributed by atoms with Gasteiger partial charge < -0.3 is 10.6 Å². The molecule has 0 saturated heterocycles. The molecule has 1 aliphatic rings. The molecule has 1 fully saturated rings.